The molecule has 1 atom stereocenters. The smallest absolute Gasteiger partial charge is 0.429 e. The molecule has 4 rings (SSSR count). The first-order valence-corrected chi connectivity index (χ1v) is 10.3. The molecule has 33 heavy (non-hydrogen) atoms. The normalized spacial score (nSPS) is 20.0. The molecule has 1 heterocycles. The van der Waals surface area contributed by atoms with Gasteiger partial charge in [0, 0.05) is 18.1 Å². The Hall–Kier alpha value is -2.59. The number of ether oxygens (including phenoxy) is 3. The van der Waals surface area contributed by atoms with Gasteiger partial charge in [0.15, 0.2) is 23.7 Å². The summed E-state index contributed by atoms with van der Waals surface area (Å²) >= 11 is 0. The number of hydrogen-bond donors (Lipinski definition) is 0. The Balaban J connectivity index is 1.54. The number of alkyl halides is 2. The highest BCUT2D eigenvalue weighted by atomic mass is 19.3. The summed E-state index contributed by atoms with van der Waals surface area (Å²) in [5, 5.41) is 0. The Labute approximate surface area is 184 Å². The molecule has 0 radical (unpaired) electrons. The number of hydrogen-bond acceptors (Lipinski definition) is 3. The van der Waals surface area contributed by atoms with Crippen molar-refractivity contribution in [3.8, 4) is 5.75 Å². The van der Waals surface area contributed by atoms with Crippen LogP contribution in [0.4, 0.5) is 30.7 Å². The van der Waals surface area contributed by atoms with Crippen molar-refractivity contribution in [3.05, 3.63) is 70.6 Å². The van der Waals surface area contributed by atoms with Gasteiger partial charge in [0.1, 0.15) is 22.9 Å². The van der Waals surface area contributed by atoms with Crippen LogP contribution in [-0.2, 0) is 15.6 Å². The quantitative estimate of drug-likeness (QED) is 0.366. The lowest BCUT2D eigenvalue weighted by Gasteiger charge is -2.32. The fraction of sp³-hybridized carbons (Fsp3) is 0.391. The summed E-state index contributed by atoms with van der Waals surface area (Å²) in [4.78, 5) is 0. The van der Waals surface area contributed by atoms with Gasteiger partial charge in [-0.05, 0) is 49.0 Å². The standard InChI is InChI=1S/C23H19F7O3/c24-16-8-14(12-2-4-13(5-3-12)22-31-6-1-7-32-22)9-17(25)20(16)23(29,30)33-15-10-18(26)21(28)19(27)11-15/h2,8-11,13,22H,1,3-7H2. The Morgan fingerprint density at radius 2 is 1.45 bits per heavy atom. The molecule has 0 amide bonds. The van der Waals surface area contributed by atoms with E-state index in [4.69, 9.17) is 9.47 Å². The van der Waals surface area contributed by atoms with E-state index < -0.39 is 46.5 Å². The molecule has 10 heteroatoms. The van der Waals surface area contributed by atoms with E-state index in [1.165, 1.54) is 0 Å². The van der Waals surface area contributed by atoms with Crippen LogP contribution in [0.1, 0.15) is 36.8 Å². The lowest BCUT2D eigenvalue weighted by molar-refractivity contribution is -0.205. The third-order valence-electron chi connectivity index (χ3n) is 5.60. The van der Waals surface area contributed by atoms with E-state index in [9.17, 15) is 30.7 Å². The van der Waals surface area contributed by atoms with E-state index in [-0.39, 0.29) is 29.9 Å². The summed E-state index contributed by atoms with van der Waals surface area (Å²) in [5.74, 6) is -9.71. The molecule has 0 bridgehead atoms. The molecular formula is C23H19F7O3. The Bertz CT molecular complexity index is 1020. The second-order valence-corrected chi connectivity index (χ2v) is 7.86. The molecule has 2 aliphatic rings. The van der Waals surface area contributed by atoms with Crippen LogP contribution in [0.3, 0.4) is 0 Å². The second-order valence-electron chi connectivity index (χ2n) is 7.86. The molecule has 0 saturated carbocycles. The van der Waals surface area contributed by atoms with Crippen LogP contribution in [0.25, 0.3) is 5.57 Å². The molecule has 1 aliphatic carbocycles. The summed E-state index contributed by atoms with van der Waals surface area (Å²) in [6.45, 7) is 1.20. The molecule has 3 nitrogen and oxygen atoms in total. The van der Waals surface area contributed by atoms with E-state index in [1.54, 1.807) is 6.08 Å². The summed E-state index contributed by atoms with van der Waals surface area (Å²) < 4.78 is 113. The van der Waals surface area contributed by atoms with Gasteiger partial charge in [-0.3, -0.25) is 0 Å². The third kappa shape index (κ3) is 5.01. The van der Waals surface area contributed by atoms with Crippen molar-refractivity contribution in [3.63, 3.8) is 0 Å². The van der Waals surface area contributed by atoms with Crippen molar-refractivity contribution >= 4 is 5.57 Å². The number of benzene rings is 2. The van der Waals surface area contributed by atoms with Crippen LogP contribution in [0, 0.1) is 35.0 Å². The SMILES string of the molecule is Fc1cc(OC(F)(F)c2c(F)cc(C3=CCC(C4OCCCO4)CC3)cc2F)cc(F)c1F. The minimum Gasteiger partial charge on any atom is -0.429 e. The number of rotatable bonds is 5. The minimum atomic E-state index is -4.62. The lowest BCUT2D eigenvalue weighted by atomic mass is 9.85. The summed E-state index contributed by atoms with van der Waals surface area (Å²) in [6, 6.07) is 1.81. The predicted octanol–water partition coefficient (Wildman–Crippen LogP) is 6.46. The van der Waals surface area contributed by atoms with Crippen molar-refractivity contribution in [2.45, 2.75) is 38.1 Å². The van der Waals surface area contributed by atoms with Gasteiger partial charge in [0.2, 0.25) is 0 Å². The molecule has 0 N–H and O–H groups in total. The van der Waals surface area contributed by atoms with Crippen LogP contribution in [-0.4, -0.2) is 19.5 Å². The van der Waals surface area contributed by atoms with Crippen LogP contribution >= 0.6 is 0 Å². The maximum absolute atomic E-state index is 14.6. The fourth-order valence-corrected chi connectivity index (χ4v) is 3.97. The largest absolute Gasteiger partial charge is 0.432 e. The number of allylic oxidation sites excluding steroid dienone is 2. The molecule has 0 aromatic heterocycles. The van der Waals surface area contributed by atoms with Crippen molar-refractivity contribution < 1.29 is 44.9 Å². The van der Waals surface area contributed by atoms with Crippen molar-refractivity contribution in [2.24, 2.45) is 5.92 Å². The highest BCUT2D eigenvalue weighted by molar-refractivity contribution is 5.67. The van der Waals surface area contributed by atoms with Gasteiger partial charge < -0.3 is 14.2 Å². The van der Waals surface area contributed by atoms with Gasteiger partial charge >= 0.3 is 6.11 Å². The molecule has 1 aliphatic heterocycles. The lowest BCUT2D eigenvalue weighted by Crippen LogP contribution is -2.33. The second kappa shape index (κ2) is 9.34. The zero-order valence-corrected chi connectivity index (χ0v) is 17.2. The zero-order chi connectivity index (χ0) is 23.8. The predicted molar refractivity (Wildman–Crippen MR) is 103 cm³/mol. The Kier molecular flexibility index (Phi) is 6.67. The topological polar surface area (TPSA) is 27.7 Å². The first-order chi connectivity index (χ1) is 15.7. The number of halogens is 7. The summed E-state index contributed by atoms with van der Waals surface area (Å²) in [6.07, 6.45) is -0.784. The van der Waals surface area contributed by atoms with Gasteiger partial charge in [0.25, 0.3) is 0 Å². The highest BCUT2D eigenvalue weighted by Gasteiger charge is 2.42. The van der Waals surface area contributed by atoms with Crippen LogP contribution in [0.2, 0.25) is 0 Å². The molecule has 2 aromatic rings. The van der Waals surface area contributed by atoms with Gasteiger partial charge in [-0.15, -0.1) is 0 Å². The molecule has 1 unspecified atom stereocenters. The maximum Gasteiger partial charge on any atom is 0.432 e. The fourth-order valence-electron chi connectivity index (χ4n) is 3.97. The van der Waals surface area contributed by atoms with Gasteiger partial charge in [0.05, 0.1) is 13.2 Å². The van der Waals surface area contributed by atoms with Gasteiger partial charge in [-0.25, -0.2) is 22.0 Å². The van der Waals surface area contributed by atoms with E-state index >= 15 is 0 Å². The summed E-state index contributed by atoms with van der Waals surface area (Å²) in [5.41, 5.74) is -1.06. The van der Waals surface area contributed by atoms with E-state index in [2.05, 4.69) is 4.74 Å². The van der Waals surface area contributed by atoms with E-state index in [1.807, 2.05) is 0 Å². The molecular weight excluding hydrogens is 457 g/mol. The first-order valence-electron chi connectivity index (χ1n) is 10.3. The maximum atomic E-state index is 14.6. The summed E-state index contributed by atoms with van der Waals surface area (Å²) in [7, 11) is 0. The minimum absolute atomic E-state index is 0.0808. The van der Waals surface area contributed by atoms with E-state index in [0.29, 0.717) is 38.0 Å². The Morgan fingerprint density at radius 3 is 2.00 bits per heavy atom. The van der Waals surface area contributed by atoms with Gasteiger partial charge in [-0.2, -0.15) is 8.78 Å². The van der Waals surface area contributed by atoms with Crippen molar-refractivity contribution in [1.29, 1.82) is 0 Å². The molecule has 2 aromatic carbocycles. The van der Waals surface area contributed by atoms with Crippen molar-refractivity contribution in [1.82, 2.24) is 0 Å². The average Bonchev–Trinajstić information content (AvgIpc) is 2.77. The highest BCUT2D eigenvalue weighted by Crippen LogP contribution is 2.39. The molecule has 0 spiro atoms. The Morgan fingerprint density at radius 1 is 0.848 bits per heavy atom. The van der Waals surface area contributed by atoms with Crippen LogP contribution < -0.4 is 4.74 Å². The van der Waals surface area contributed by atoms with E-state index in [0.717, 1.165) is 18.6 Å². The first kappa shape index (κ1) is 23.6. The average molecular weight is 476 g/mol. The monoisotopic (exact) mass is 476 g/mol. The third-order valence-corrected chi connectivity index (χ3v) is 5.60. The van der Waals surface area contributed by atoms with Crippen LogP contribution in [0.15, 0.2) is 30.3 Å². The van der Waals surface area contributed by atoms with Crippen molar-refractivity contribution in [2.75, 3.05) is 13.2 Å². The zero-order valence-electron chi connectivity index (χ0n) is 17.2. The van der Waals surface area contributed by atoms with Gasteiger partial charge in [-0.1, -0.05) is 6.08 Å². The van der Waals surface area contributed by atoms with Crippen LogP contribution in [0.5, 0.6) is 5.75 Å². The molecule has 1 saturated heterocycles. The molecule has 178 valence electrons. The molecule has 1 fully saturated rings.